The van der Waals surface area contributed by atoms with Crippen molar-refractivity contribution < 1.29 is 32.8 Å². The number of hydrogen-bond donors (Lipinski definition) is 2. The normalized spacial score (nSPS) is 14.2. The van der Waals surface area contributed by atoms with Crippen molar-refractivity contribution >= 4 is 13.8 Å². The maximum absolute atomic E-state index is 12.6. The van der Waals surface area contributed by atoms with Crippen LogP contribution in [0.25, 0.3) is 0 Å². The molecular formula is C42H76NO7P. The van der Waals surface area contributed by atoms with Crippen LogP contribution >= 0.6 is 7.82 Å². The van der Waals surface area contributed by atoms with Gasteiger partial charge in [0.15, 0.2) is 0 Å². The third-order valence-electron chi connectivity index (χ3n) is 8.17. The van der Waals surface area contributed by atoms with Gasteiger partial charge in [0.2, 0.25) is 0 Å². The molecule has 0 heterocycles. The molecule has 0 aromatic rings. The van der Waals surface area contributed by atoms with E-state index in [1.54, 1.807) is 0 Å². The highest BCUT2D eigenvalue weighted by atomic mass is 31.2. The second-order valence-electron chi connectivity index (χ2n) is 13.1. The second kappa shape index (κ2) is 39.4. The van der Waals surface area contributed by atoms with Crippen LogP contribution in [0.4, 0.5) is 0 Å². The summed E-state index contributed by atoms with van der Waals surface area (Å²) in [7, 11) is -4.28. The van der Waals surface area contributed by atoms with E-state index < -0.39 is 13.9 Å². The molecule has 2 unspecified atom stereocenters. The van der Waals surface area contributed by atoms with Crippen molar-refractivity contribution in [2.24, 2.45) is 5.73 Å². The number of ether oxygens (including phenoxy) is 2. The SMILES string of the molecule is CC/C=C\C/C=C\C/C=C\C/C=C\CCCCCCC(=O)OC(COCCCCCCCC/C=C\CCCCCCC)COP(=O)(O)OCCN. The highest BCUT2D eigenvalue weighted by Crippen LogP contribution is 2.43. The summed E-state index contributed by atoms with van der Waals surface area (Å²) < 4.78 is 33.3. The van der Waals surface area contributed by atoms with Crippen LogP contribution in [0.2, 0.25) is 0 Å². The van der Waals surface area contributed by atoms with Gasteiger partial charge in [-0.2, -0.15) is 0 Å². The Morgan fingerprint density at radius 2 is 1.10 bits per heavy atom. The molecule has 3 N–H and O–H groups in total. The fourth-order valence-corrected chi connectivity index (χ4v) is 5.98. The predicted molar refractivity (Wildman–Crippen MR) is 215 cm³/mol. The molecule has 9 heteroatoms. The fraction of sp³-hybridized carbons (Fsp3) is 0.738. The lowest BCUT2D eigenvalue weighted by atomic mass is 10.1. The summed E-state index contributed by atoms with van der Waals surface area (Å²) in [6.07, 6.45) is 46.6. The number of hydrogen-bond acceptors (Lipinski definition) is 7. The minimum Gasteiger partial charge on any atom is -0.457 e. The van der Waals surface area contributed by atoms with E-state index in [4.69, 9.17) is 24.3 Å². The van der Waals surface area contributed by atoms with Gasteiger partial charge in [0.05, 0.1) is 19.8 Å². The molecule has 0 spiro atoms. The van der Waals surface area contributed by atoms with Crippen molar-refractivity contribution in [3.8, 4) is 0 Å². The summed E-state index contributed by atoms with van der Waals surface area (Å²) in [6.45, 7) is 4.74. The van der Waals surface area contributed by atoms with Crippen LogP contribution in [0.15, 0.2) is 60.8 Å². The van der Waals surface area contributed by atoms with Crippen LogP contribution in [0, 0.1) is 0 Å². The van der Waals surface area contributed by atoms with Crippen LogP contribution in [0.5, 0.6) is 0 Å². The fourth-order valence-electron chi connectivity index (χ4n) is 5.22. The molecule has 0 amide bonds. The Balaban J connectivity index is 4.14. The highest BCUT2D eigenvalue weighted by molar-refractivity contribution is 7.47. The van der Waals surface area contributed by atoms with Gasteiger partial charge in [-0.3, -0.25) is 13.8 Å². The average molecular weight is 738 g/mol. The first-order valence-electron chi connectivity index (χ1n) is 20.3. The monoisotopic (exact) mass is 738 g/mol. The van der Waals surface area contributed by atoms with Gasteiger partial charge in [-0.25, -0.2) is 4.57 Å². The zero-order valence-corrected chi connectivity index (χ0v) is 33.5. The lowest BCUT2D eigenvalue weighted by molar-refractivity contribution is -0.154. The number of unbranched alkanes of at least 4 members (excludes halogenated alkanes) is 15. The Hall–Kier alpha value is -1.80. The van der Waals surface area contributed by atoms with E-state index in [2.05, 4.69) is 74.6 Å². The van der Waals surface area contributed by atoms with Crippen LogP contribution in [-0.4, -0.2) is 49.9 Å². The summed E-state index contributed by atoms with van der Waals surface area (Å²) in [5, 5.41) is 0. The van der Waals surface area contributed by atoms with Crippen molar-refractivity contribution in [1.29, 1.82) is 0 Å². The molecule has 0 aliphatic rings. The minimum absolute atomic E-state index is 0.0924. The maximum Gasteiger partial charge on any atom is 0.472 e. The molecule has 0 saturated carbocycles. The summed E-state index contributed by atoms with van der Waals surface area (Å²) in [4.78, 5) is 22.4. The first-order valence-corrected chi connectivity index (χ1v) is 21.8. The van der Waals surface area contributed by atoms with E-state index in [0.717, 1.165) is 70.6 Å². The zero-order valence-electron chi connectivity index (χ0n) is 32.6. The van der Waals surface area contributed by atoms with E-state index in [1.807, 2.05) is 0 Å². The van der Waals surface area contributed by atoms with Crippen molar-refractivity contribution in [3.63, 3.8) is 0 Å². The topological polar surface area (TPSA) is 117 Å². The third kappa shape index (κ3) is 39.2. The molecule has 0 fully saturated rings. The number of carbonyl (C=O) groups excluding carboxylic acids is 1. The molecule has 296 valence electrons. The molecular weight excluding hydrogens is 661 g/mol. The number of carbonyl (C=O) groups is 1. The standard InChI is InChI=1S/C42H76NO7P/c1-3-5-7-9-11-13-15-17-19-20-21-23-25-27-29-31-33-35-42(44)50-41(40-49-51(45,46)48-38-36-43)39-47-37-34-32-30-28-26-24-22-18-16-14-12-10-8-6-4-2/h5,7,11,13,16-19,21,23,41H,3-4,6,8-10,12,14-15,20,22,24-40,43H2,1-2H3,(H,45,46)/b7-5-,13-11-,18-16-,19-17-,23-21-. The van der Waals surface area contributed by atoms with E-state index in [-0.39, 0.29) is 38.8 Å². The quantitative estimate of drug-likeness (QED) is 0.0278. The molecule has 0 aromatic carbocycles. The first-order chi connectivity index (χ1) is 24.9. The Morgan fingerprint density at radius 3 is 1.67 bits per heavy atom. The van der Waals surface area contributed by atoms with Gasteiger partial charge >= 0.3 is 13.8 Å². The molecule has 2 atom stereocenters. The smallest absolute Gasteiger partial charge is 0.457 e. The van der Waals surface area contributed by atoms with Crippen LogP contribution in [-0.2, 0) is 27.9 Å². The highest BCUT2D eigenvalue weighted by Gasteiger charge is 2.25. The van der Waals surface area contributed by atoms with E-state index >= 15 is 0 Å². The summed E-state index contributed by atoms with van der Waals surface area (Å²) in [6, 6.07) is 0. The van der Waals surface area contributed by atoms with Gasteiger partial charge in [-0.1, -0.05) is 139 Å². The molecule has 0 rings (SSSR count). The van der Waals surface area contributed by atoms with Crippen molar-refractivity contribution in [2.75, 3.05) is 33.0 Å². The molecule has 0 radical (unpaired) electrons. The Labute approximate surface area is 313 Å². The molecule has 51 heavy (non-hydrogen) atoms. The van der Waals surface area contributed by atoms with Crippen LogP contribution in [0.1, 0.15) is 162 Å². The molecule has 8 nitrogen and oxygen atoms in total. The number of phosphoric acid groups is 1. The molecule has 0 aromatic heterocycles. The zero-order chi connectivity index (χ0) is 37.4. The van der Waals surface area contributed by atoms with Crippen LogP contribution < -0.4 is 5.73 Å². The van der Waals surface area contributed by atoms with Crippen molar-refractivity contribution in [1.82, 2.24) is 0 Å². The minimum atomic E-state index is -4.28. The van der Waals surface area contributed by atoms with Gasteiger partial charge in [-0.05, 0) is 77.0 Å². The summed E-state index contributed by atoms with van der Waals surface area (Å²) in [5.41, 5.74) is 5.36. The van der Waals surface area contributed by atoms with Gasteiger partial charge in [0, 0.05) is 19.6 Å². The number of allylic oxidation sites excluding steroid dienone is 10. The first kappa shape index (κ1) is 49.2. The molecule has 0 bridgehead atoms. The van der Waals surface area contributed by atoms with Gasteiger partial charge in [0.1, 0.15) is 6.10 Å². The van der Waals surface area contributed by atoms with E-state index in [9.17, 15) is 14.3 Å². The Kier molecular flexibility index (Phi) is 38.0. The summed E-state index contributed by atoms with van der Waals surface area (Å²) >= 11 is 0. The Morgan fingerprint density at radius 1 is 0.608 bits per heavy atom. The third-order valence-corrected chi connectivity index (χ3v) is 9.15. The molecule has 0 aliphatic heterocycles. The Bertz CT molecular complexity index is 963. The lowest BCUT2D eigenvalue weighted by Gasteiger charge is -2.20. The molecule has 0 saturated heterocycles. The summed E-state index contributed by atoms with van der Waals surface area (Å²) in [5.74, 6) is -0.358. The van der Waals surface area contributed by atoms with Gasteiger partial charge in [-0.15, -0.1) is 0 Å². The predicted octanol–water partition coefficient (Wildman–Crippen LogP) is 11.8. The number of nitrogens with two attached hydrogens (primary N) is 1. The number of rotatable bonds is 38. The number of phosphoric ester groups is 1. The van der Waals surface area contributed by atoms with Crippen LogP contribution in [0.3, 0.4) is 0 Å². The average Bonchev–Trinajstić information content (AvgIpc) is 3.12. The van der Waals surface area contributed by atoms with E-state index in [1.165, 1.54) is 70.6 Å². The molecule has 0 aliphatic carbocycles. The van der Waals surface area contributed by atoms with Gasteiger partial charge < -0.3 is 20.1 Å². The maximum atomic E-state index is 12.6. The second-order valence-corrected chi connectivity index (χ2v) is 14.6. The van der Waals surface area contributed by atoms with Crippen molar-refractivity contribution in [3.05, 3.63) is 60.8 Å². The van der Waals surface area contributed by atoms with Gasteiger partial charge in [0.25, 0.3) is 0 Å². The number of esters is 1. The lowest BCUT2D eigenvalue weighted by Crippen LogP contribution is -2.28. The van der Waals surface area contributed by atoms with E-state index in [0.29, 0.717) is 6.61 Å². The largest absolute Gasteiger partial charge is 0.472 e. The van der Waals surface area contributed by atoms with Crippen molar-refractivity contribution in [2.45, 2.75) is 168 Å².